The Morgan fingerprint density at radius 1 is 1.67 bits per heavy atom. The van der Waals surface area contributed by atoms with Crippen LogP contribution in [0.4, 0.5) is 4.39 Å². The average molecular weight is 271 g/mol. The molecule has 0 saturated carbocycles. The van der Waals surface area contributed by atoms with Crippen LogP contribution in [0.5, 0.6) is 5.75 Å². The number of halogens is 2. The monoisotopic (exact) mass is 270 g/mol. The Labute approximate surface area is 109 Å². The van der Waals surface area contributed by atoms with Gasteiger partial charge in [-0.15, -0.1) is 0 Å². The Kier molecular flexibility index (Phi) is 3.72. The number of hydrogen-bond acceptors (Lipinski definition) is 4. The molecule has 1 atom stereocenters. The average Bonchev–Trinajstić information content (AvgIpc) is 2.69. The van der Waals surface area contributed by atoms with Crippen LogP contribution in [-0.4, -0.2) is 18.7 Å². The van der Waals surface area contributed by atoms with Crippen LogP contribution in [0.1, 0.15) is 6.42 Å². The highest BCUT2D eigenvalue weighted by Crippen LogP contribution is 2.23. The number of rotatable bonds is 4. The first-order valence-electron chi connectivity index (χ1n) is 5.31. The molecule has 1 aliphatic rings. The molecule has 96 valence electrons. The Morgan fingerprint density at radius 2 is 2.44 bits per heavy atom. The SMILES string of the molecule is C=C(C[C@H]1COC(N)=N1)Oc1ccc(Cl)c(F)c1. The van der Waals surface area contributed by atoms with E-state index < -0.39 is 5.82 Å². The van der Waals surface area contributed by atoms with Crippen molar-refractivity contribution in [3.05, 3.63) is 41.4 Å². The summed E-state index contributed by atoms with van der Waals surface area (Å²) < 4.78 is 23.6. The van der Waals surface area contributed by atoms with Crippen molar-refractivity contribution >= 4 is 17.6 Å². The fraction of sp³-hybridized carbons (Fsp3) is 0.250. The molecule has 0 amide bonds. The van der Waals surface area contributed by atoms with E-state index in [1.165, 1.54) is 12.1 Å². The molecule has 2 rings (SSSR count). The zero-order chi connectivity index (χ0) is 13.1. The maximum absolute atomic E-state index is 13.2. The normalized spacial score (nSPS) is 18.1. The van der Waals surface area contributed by atoms with E-state index in [-0.39, 0.29) is 17.1 Å². The number of hydrogen-bond donors (Lipinski definition) is 1. The van der Waals surface area contributed by atoms with Crippen LogP contribution in [-0.2, 0) is 4.74 Å². The van der Waals surface area contributed by atoms with Gasteiger partial charge in [0.25, 0.3) is 6.02 Å². The van der Waals surface area contributed by atoms with E-state index >= 15 is 0 Å². The van der Waals surface area contributed by atoms with E-state index in [2.05, 4.69) is 11.6 Å². The Morgan fingerprint density at radius 3 is 3.06 bits per heavy atom. The molecule has 0 fully saturated rings. The first kappa shape index (κ1) is 12.7. The third-order valence-corrected chi connectivity index (χ3v) is 2.66. The summed E-state index contributed by atoms with van der Waals surface area (Å²) in [6.07, 6.45) is 0.463. The van der Waals surface area contributed by atoms with Gasteiger partial charge in [-0.05, 0) is 12.1 Å². The maximum atomic E-state index is 13.2. The largest absolute Gasteiger partial charge is 0.463 e. The molecule has 1 aromatic rings. The number of nitrogens with zero attached hydrogens (tertiary/aromatic N) is 1. The van der Waals surface area contributed by atoms with Crippen LogP contribution in [0.15, 0.2) is 35.5 Å². The third-order valence-electron chi connectivity index (χ3n) is 2.35. The minimum absolute atomic E-state index is 0.0505. The smallest absolute Gasteiger partial charge is 0.282 e. The lowest BCUT2D eigenvalue weighted by atomic mass is 10.2. The van der Waals surface area contributed by atoms with Gasteiger partial charge in [-0.25, -0.2) is 9.38 Å². The molecular weight excluding hydrogens is 259 g/mol. The van der Waals surface area contributed by atoms with Crippen molar-refractivity contribution in [2.24, 2.45) is 10.7 Å². The molecule has 0 radical (unpaired) electrons. The van der Waals surface area contributed by atoms with Crippen molar-refractivity contribution in [3.63, 3.8) is 0 Å². The van der Waals surface area contributed by atoms with Crippen molar-refractivity contribution in [3.8, 4) is 5.75 Å². The number of aliphatic imine (C=N–C) groups is 1. The van der Waals surface area contributed by atoms with Crippen molar-refractivity contribution in [2.75, 3.05) is 6.61 Å². The number of nitrogens with two attached hydrogens (primary N) is 1. The van der Waals surface area contributed by atoms with Crippen molar-refractivity contribution < 1.29 is 13.9 Å². The molecule has 0 unspecified atom stereocenters. The molecule has 1 aliphatic heterocycles. The maximum Gasteiger partial charge on any atom is 0.282 e. The zero-order valence-corrected chi connectivity index (χ0v) is 10.3. The summed E-state index contributed by atoms with van der Waals surface area (Å²) in [4.78, 5) is 4.04. The van der Waals surface area contributed by atoms with Crippen LogP contribution >= 0.6 is 11.6 Å². The molecule has 0 spiro atoms. The van der Waals surface area contributed by atoms with Gasteiger partial charge in [-0.1, -0.05) is 18.2 Å². The van der Waals surface area contributed by atoms with E-state index in [0.717, 1.165) is 0 Å². The number of benzene rings is 1. The Hall–Kier alpha value is -1.75. The lowest BCUT2D eigenvalue weighted by Gasteiger charge is -2.10. The highest BCUT2D eigenvalue weighted by atomic mass is 35.5. The quantitative estimate of drug-likeness (QED) is 0.855. The van der Waals surface area contributed by atoms with E-state index in [0.29, 0.717) is 24.5 Å². The van der Waals surface area contributed by atoms with Gasteiger partial charge in [-0.3, -0.25) is 0 Å². The molecule has 1 heterocycles. The predicted octanol–water partition coefficient (Wildman–Crippen LogP) is 2.48. The second-order valence-corrected chi connectivity index (χ2v) is 4.26. The Bertz CT molecular complexity index is 505. The number of ether oxygens (including phenoxy) is 2. The topological polar surface area (TPSA) is 56.8 Å². The first-order valence-corrected chi connectivity index (χ1v) is 5.69. The lowest BCUT2D eigenvalue weighted by Crippen LogP contribution is -2.11. The third kappa shape index (κ3) is 3.13. The molecule has 1 aromatic carbocycles. The summed E-state index contributed by atoms with van der Waals surface area (Å²) in [5.41, 5.74) is 5.38. The molecule has 4 nitrogen and oxygen atoms in total. The van der Waals surface area contributed by atoms with E-state index in [4.69, 9.17) is 26.8 Å². The van der Waals surface area contributed by atoms with Gasteiger partial charge in [0.1, 0.15) is 18.2 Å². The molecule has 0 saturated heterocycles. The highest BCUT2D eigenvalue weighted by Gasteiger charge is 2.18. The molecule has 0 aliphatic carbocycles. The van der Waals surface area contributed by atoms with E-state index in [1.807, 2.05) is 0 Å². The van der Waals surface area contributed by atoms with Crippen LogP contribution < -0.4 is 10.5 Å². The van der Waals surface area contributed by atoms with E-state index in [9.17, 15) is 4.39 Å². The van der Waals surface area contributed by atoms with Gasteiger partial charge in [0.2, 0.25) is 0 Å². The first-order chi connectivity index (χ1) is 8.54. The highest BCUT2D eigenvalue weighted by molar-refractivity contribution is 6.30. The van der Waals surface area contributed by atoms with Crippen LogP contribution in [0.25, 0.3) is 0 Å². The van der Waals surface area contributed by atoms with Crippen LogP contribution in [0, 0.1) is 5.82 Å². The van der Waals surface area contributed by atoms with Gasteiger partial charge in [-0.2, -0.15) is 0 Å². The van der Waals surface area contributed by atoms with E-state index in [1.54, 1.807) is 6.07 Å². The fourth-order valence-electron chi connectivity index (χ4n) is 1.55. The summed E-state index contributed by atoms with van der Waals surface area (Å²) in [6, 6.07) is 4.27. The Balaban J connectivity index is 1.93. The van der Waals surface area contributed by atoms with Crippen LogP contribution in [0.3, 0.4) is 0 Å². The summed E-state index contributed by atoms with van der Waals surface area (Å²) in [5, 5.41) is 0.0505. The summed E-state index contributed by atoms with van der Waals surface area (Å²) >= 11 is 5.57. The molecule has 18 heavy (non-hydrogen) atoms. The lowest BCUT2D eigenvalue weighted by molar-refractivity contribution is 0.298. The van der Waals surface area contributed by atoms with Crippen LogP contribution in [0.2, 0.25) is 5.02 Å². The minimum Gasteiger partial charge on any atom is -0.463 e. The van der Waals surface area contributed by atoms with Gasteiger partial charge in [0, 0.05) is 12.5 Å². The molecule has 6 heteroatoms. The number of amidine groups is 1. The van der Waals surface area contributed by atoms with Gasteiger partial charge in [0.15, 0.2) is 0 Å². The van der Waals surface area contributed by atoms with Crippen molar-refractivity contribution in [1.82, 2.24) is 0 Å². The van der Waals surface area contributed by atoms with Gasteiger partial charge < -0.3 is 15.2 Å². The van der Waals surface area contributed by atoms with Crippen molar-refractivity contribution in [1.29, 1.82) is 0 Å². The summed E-state index contributed by atoms with van der Waals surface area (Å²) in [6.45, 7) is 4.15. The zero-order valence-electron chi connectivity index (χ0n) is 9.53. The molecule has 0 bridgehead atoms. The minimum atomic E-state index is -0.534. The second-order valence-electron chi connectivity index (χ2n) is 3.85. The van der Waals surface area contributed by atoms with Crippen molar-refractivity contribution in [2.45, 2.75) is 12.5 Å². The second kappa shape index (κ2) is 5.27. The predicted molar refractivity (Wildman–Crippen MR) is 67.2 cm³/mol. The van der Waals surface area contributed by atoms with Gasteiger partial charge in [0.05, 0.1) is 16.8 Å². The summed E-state index contributed by atoms with van der Waals surface area (Å²) in [7, 11) is 0. The molecule has 2 N–H and O–H groups in total. The molecular formula is C12H12ClFN2O2. The standard InChI is InChI=1S/C12H12ClFN2O2/c1-7(4-8-6-17-12(15)16-8)18-9-2-3-10(13)11(14)5-9/h2-3,5,8H,1,4,6H2,(H2,15,16)/t8-/m0/s1. The fourth-order valence-corrected chi connectivity index (χ4v) is 1.67. The summed E-state index contributed by atoms with van der Waals surface area (Å²) in [5.74, 6) is 0.273. The van der Waals surface area contributed by atoms with Gasteiger partial charge >= 0.3 is 0 Å². The molecule has 0 aromatic heterocycles.